The van der Waals surface area contributed by atoms with Gasteiger partial charge in [-0.05, 0) is 25.5 Å². The number of ether oxygens (including phenoxy) is 1. The van der Waals surface area contributed by atoms with Crippen LogP contribution in [0.5, 0.6) is 5.75 Å². The summed E-state index contributed by atoms with van der Waals surface area (Å²) in [5.41, 5.74) is 1.71. The van der Waals surface area contributed by atoms with Crippen LogP contribution in [0.4, 0.5) is 0 Å². The first-order valence-electron chi connectivity index (χ1n) is 4.41. The van der Waals surface area contributed by atoms with Gasteiger partial charge in [-0.2, -0.15) is 0 Å². The van der Waals surface area contributed by atoms with Crippen LogP contribution < -0.4 is 4.74 Å². The van der Waals surface area contributed by atoms with E-state index in [1.807, 2.05) is 19.9 Å². The van der Waals surface area contributed by atoms with Crippen molar-refractivity contribution in [2.24, 2.45) is 0 Å². The van der Waals surface area contributed by atoms with E-state index < -0.39 is 0 Å². The number of aliphatic hydroxyl groups excluding tert-OH is 1. The molecule has 0 fully saturated rings. The Kier molecular flexibility index (Phi) is 6.41. The van der Waals surface area contributed by atoms with Gasteiger partial charge in [0, 0.05) is 12.7 Å². The van der Waals surface area contributed by atoms with Crippen LogP contribution in [-0.4, -0.2) is 25.1 Å². The Morgan fingerprint density at radius 2 is 2.07 bits per heavy atom. The van der Waals surface area contributed by atoms with E-state index in [4.69, 9.17) is 9.84 Å². The smallest absolute Gasteiger partial charge is 0.150 e. The van der Waals surface area contributed by atoms with E-state index in [2.05, 4.69) is 0 Å². The summed E-state index contributed by atoms with van der Waals surface area (Å²) in [5.74, 6) is 0.794. The molecule has 0 amide bonds. The predicted octanol–water partition coefficient (Wildman–Crippen LogP) is 1.81. The lowest BCUT2D eigenvalue weighted by Crippen LogP contribution is -1.94. The average molecular weight is 196 g/mol. The summed E-state index contributed by atoms with van der Waals surface area (Å²) in [6, 6.07) is 5.42. The summed E-state index contributed by atoms with van der Waals surface area (Å²) in [6.45, 7) is 4.51. The van der Waals surface area contributed by atoms with Gasteiger partial charge in [-0.3, -0.25) is 4.79 Å². The highest BCUT2D eigenvalue weighted by molar-refractivity contribution is 5.75. The van der Waals surface area contributed by atoms with Crippen molar-refractivity contribution in [3.05, 3.63) is 29.3 Å². The average Bonchev–Trinajstić information content (AvgIpc) is 2.24. The van der Waals surface area contributed by atoms with E-state index in [1.165, 1.54) is 0 Å². The molecule has 0 aliphatic heterocycles. The highest BCUT2D eigenvalue weighted by Gasteiger charge is 1.99. The normalized spacial score (nSPS) is 8.57. The molecule has 0 spiro atoms. The lowest BCUT2D eigenvalue weighted by atomic mass is 10.1. The maximum absolute atomic E-state index is 10.4. The first kappa shape index (κ1) is 12.7. The molecule has 0 bridgehead atoms. The Morgan fingerprint density at radius 3 is 2.57 bits per heavy atom. The minimum Gasteiger partial charge on any atom is -0.494 e. The Bertz CT molecular complexity index is 282. The SMILES string of the molecule is CCOc1cc(C=O)ccc1C.CO. The molecule has 0 aliphatic rings. The van der Waals surface area contributed by atoms with Crippen LogP contribution in [-0.2, 0) is 0 Å². The van der Waals surface area contributed by atoms with Crippen LogP contribution in [0, 0.1) is 6.92 Å². The van der Waals surface area contributed by atoms with Gasteiger partial charge in [0.15, 0.2) is 0 Å². The third-order valence-electron chi connectivity index (χ3n) is 1.65. The molecule has 0 atom stereocenters. The Balaban J connectivity index is 0.000000791. The molecule has 0 saturated heterocycles. The molecule has 0 unspecified atom stereocenters. The first-order valence-corrected chi connectivity index (χ1v) is 4.41. The minimum absolute atomic E-state index is 0.628. The summed E-state index contributed by atoms with van der Waals surface area (Å²) in [5, 5.41) is 7.00. The maximum atomic E-state index is 10.4. The van der Waals surface area contributed by atoms with Crippen molar-refractivity contribution in [1.82, 2.24) is 0 Å². The van der Waals surface area contributed by atoms with Gasteiger partial charge in [-0.25, -0.2) is 0 Å². The van der Waals surface area contributed by atoms with Gasteiger partial charge >= 0.3 is 0 Å². The molecule has 0 saturated carbocycles. The fraction of sp³-hybridized carbons (Fsp3) is 0.364. The van der Waals surface area contributed by atoms with Crippen molar-refractivity contribution in [1.29, 1.82) is 0 Å². The van der Waals surface area contributed by atoms with Crippen LogP contribution >= 0.6 is 0 Å². The molecule has 1 aromatic rings. The molecule has 14 heavy (non-hydrogen) atoms. The minimum atomic E-state index is 0.628. The first-order chi connectivity index (χ1) is 6.77. The molecule has 1 rings (SSSR count). The van der Waals surface area contributed by atoms with E-state index in [1.54, 1.807) is 12.1 Å². The van der Waals surface area contributed by atoms with E-state index in [0.29, 0.717) is 12.2 Å². The van der Waals surface area contributed by atoms with Crippen LogP contribution in [0.15, 0.2) is 18.2 Å². The second-order valence-corrected chi connectivity index (χ2v) is 2.58. The highest BCUT2D eigenvalue weighted by atomic mass is 16.5. The molecular weight excluding hydrogens is 180 g/mol. The number of carbonyl (C=O) groups excluding carboxylic acids is 1. The lowest BCUT2D eigenvalue weighted by Gasteiger charge is -2.06. The maximum Gasteiger partial charge on any atom is 0.150 e. The number of hydrogen-bond acceptors (Lipinski definition) is 3. The van der Waals surface area contributed by atoms with Crippen LogP contribution in [0.2, 0.25) is 0 Å². The van der Waals surface area contributed by atoms with Crippen LogP contribution in [0.1, 0.15) is 22.8 Å². The predicted molar refractivity (Wildman–Crippen MR) is 55.9 cm³/mol. The van der Waals surface area contributed by atoms with Crippen molar-refractivity contribution in [3.63, 3.8) is 0 Å². The van der Waals surface area contributed by atoms with Gasteiger partial charge in [0.1, 0.15) is 12.0 Å². The topological polar surface area (TPSA) is 46.5 Å². The van der Waals surface area contributed by atoms with Crippen LogP contribution in [0.3, 0.4) is 0 Å². The Labute approximate surface area is 84.3 Å². The number of benzene rings is 1. The number of aliphatic hydroxyl groups is 1. The van der Waals surface area contributed by atoms with E-state index >= 15 is 0 Å². The molecule has 0 heterocycles. The van der Waals surface area contributed by atoms with Crippen molar-refractivity contribution in [3.8, 4) is 5.75 Å². The van der Waals surface area contributed by atoms with Gasteiger partial charge in [0.05, 0.1) is 6.61 Å². The highest BCUT2D eigenvalue weighted by Crippen LogP contribution is 2.18. The second kappa shape index (κ2) is 7.09. The van der Waals surface area contributed by atoms with Crippen LogP contribution in [0.25, 0.3) is 0 Å². The molecule has 0 aliphatic carbocycles. The van der Waals surface area contributed by atoms with Gasteiger partial charge < -0.3 is 9.84 Å². The summed E-state index contributed by atoms with van der Waals surface area (Å²) >= 11 is 0. The van der Waals surface area contributed by atoms with Crippen molar-refractivity contribution < 1.29 is 14.6 Å². The third-order valence-corrected chi connectivity index (χ3v) is 1.65. The van der Waals surface area contributed by atoms with Gasteiger partial charge in [0.25, 0.3) is 0 Å². The number of hydrogen-bond donors (Lipinski definition) is 1. The van der Waals surface area contributed by atoms with Crippen molar-refractivity contribution >= 4 is 6.29 Å². The van der Waals surface area contributed by atoms with Crippen molar-refractivity contribution in [2.75, 3.05) is 13.7 Å². The number of aldehydes is 1. The number of aryl methyl sites for hydroxylation is 1. The zero-order valence-electron chi connectivity index (χ0n) is 8.78. The van der Waals surface area contributed by atoms with Gasteiger partial charge in [0.2, 0.25) is 0 Å². The fourth-order valence-corrected chi connectivity index (χ4v) is 1.00. The number of rotatable bonds is 3. The molecule has 3 nitrogen and oxygen atoms in total. The lowest BCUT2D eigenvalue weighted by molar-refractivity contribution is 0.112. The Morgan fingerprint density at radius 1 is 1.43 bits per heavy atom. The van der Waals surface area contributed by atoms with E-state index in [9.17, 15) is 4.79 Å². The molecule has 0 aromatic heterocycles. The number of carbonyl (C=O) groups is 1. The molecule has 1 N–H and O–H groups in total. The summed E-state index contributed by atoms with van der Waals surface area (Å²) in [6.07, 6.45) is 0.821. The van der Waals surface area contributed by atoms with E-state index in [-0.39, 0.29) is 0 Å². The molecule has 1 aromatic carbocycles. The fourth-order valence-electron chi connectivity index (χ4n) is 1.00. The zero-order valence-corrected chi connectivity index (χ0v) is 8.78. The zero-order chi connectivity index (χ0) is 11.0. The summed E-state index contributed by atoms with van der Waals surface area (Å²) in [7, 11) is 1.00. The second-order valence-electron chi connectivity index (χ2n) is 2.58. The third kappa shape index (κ3) is 3.58. The summed E-state index contributed by atoms with van der Waals surface area (Å²) in [4.78, 5) is 10.4. The molecule has 0 radical (unpaired) electrons. The molecule has 3 heteroatoms. The standard InChI is InChI=1S/C10H12O2.CH4O/c1-3-12-10-6-9(7-11)5-4-8(10)2;1-2/h4-7H,3H2,1-2H3;2H,1H3. The van der Waals surface area contributed by atoms with E-state index in [0.717, 1.165) is 24.7 Å². The molecule has 78 valence electrons. The molecular formula is C11H16O3. The van der Waals surface area contributed by atoms with Gasteiger partial charge in [-0.15, -0.1) is 0 Å². The largest absolute Gasteiger partial charge is 0.494 e. The van der Waals surface area contributed by atoms with Gasteiger partial charge in [-0.1, -0.05) is 12.1 Å². The van der Waals surface area contributed by atoms with Crippen molar-refractivity contribution in [2.45, 2.75) is 13.8 Å². The quantitative estimate of drug-likeness (QED) is 0.750. The monoisotopic (exact) mass is 196 g/mol. The Hall–Kier alpha value is -1.35. The summed E-state index contributed by atoms with van der Waals surface area (Å²) < 4.78 is 5.32.